The molecule has 2 aromatic carbocycles. The van der Waals surface area contributed by atoms with Crippen LogP contribution in [0, 0.1) is 6.92 Å². The quantitative estimate of drug-likeness (QED) is 0.533. The summed E-state index contributed by atoms with van der Waals surface area (Å²) < 4.78 is 2.04. The van der Waals surface area contributed by atoms with E-state index in [1.165, 1.54) is 27.0 Å². The maximum absolute atomic E-state index is 12.7. The highest BCUT2D eigenvalue weighted by molar-refractivity contribution is 7.15. The van der Waals surface area contributed by atoms with Crippen LogP contribution in [0.1, 0.15) is 37.5 Å². The van der Waals surface area contributed by atoms with Crippen molar-refractivity contribution < 1.29 is 0 Å². The van der Waals surface area contributed by atoms with E-state index in [0.717, 1.165) is 11.1 Å². The first-order valence-electron chi connectivity index (χ1n) is 8.90. The third-order valence-electron chi connectivity index (χ3n) is 4.57. The van der Waals surface area contributed by atoms with Crippen molar-refractivity contribution in [1.82, 2.24) is 14.6 Å². The smallest absolute Gasteiger partial charge is 0.266 e. The minimum atomic E-state index is -0.124. The fourth-order valence-corrected chi connectivity index (χ4v) is 3.80. The molecule has 0 aliphatic heterocycles. The molecule has 136 valence electrons. The number of aryl methyl sites for hydroxylation is 1. The molecule has 0 N–H and O–H groups in total. The highest BCUT2D eigenvalue weighted by Crippen LogP contribution is 2.22. The number of hydrogen-bond acceptors (Lipinski definition) is 4. The van der Waals surface area contributed by atoms with Gasteiger partial charge in [-0.2, -0.15) is 9.50 Å². The van der Waals surface area contributed by atoms with Gasteiger partial charge in [-0.1, -0.05) is 86.2 Å². The Bertz CT molecular complexity index is 1210. The number of aromatic nitrogens is 3. The molecule has 0 bridgehead atoms. The largest absolute Gasteiger partial charge is 0.291 e. The van der Waals surface area contributed by atoms with E-state index in [1.54, 1.807) is 0 Å². The van der Waals surface area contributed by atoms with Gasteiger partial charge in [-0.15, -0.1) is 5.10 Å². The SMILES string of the molecule is Cc1ccc(-c2nc3s/c(=C/c4ccc(C(C)(C)C)cc4)c(=O)n3n2)cc1. The summed E-state index contributed by atoms with van der Waals surface area (Å²) in [5.74, 6) is 0.583. The van der Waals surface area contributed by atoms with Gasteiger partial charge in [-0.25, -0.2) is 0 Å². The topological polar surface area (TPSA) is 47.3 Å². The normalized spacial score (nSPS) is 12.8. The Labute approximate surface area is 161 Å². The summed E-state index contributed by atoms with van der Waals surface area (Å²) in [4.78, 5) is 17.8. The molecule has 0 unspecified atom stereocenters. The zero-order chi connectivity index (χ0) is 19.2. The van der Waals surface area contributed by atoms with Gasteiger partial charge in [0.2, 0.25) is 4.96 Å². The molecule has 4 nitrogen and oxygen atoms in total. The van der Waals surface area contributed by atoms with Gasteiger partial charge in [0.15, 0.2) is 5.82 Å². The van der Waals surface area contributed by atoms with E-state index in [1.807, 2.05) is 49.4 Å². The van der Waals surface area contributed by atoms with E-state index in [2.05, 4.69) is 43.0 Å². The van der Waals surface area contributed by atoms with Crippen molar-refractivity contribution in [2.45, 2.75) is 33.1 Å². The first kappa shape index (κ1) is 17.6. The van der Waals surface area contributed by atoms with Gasteiger partial charge in [0, 0.05) is 5.56 Å². The van der Waals surface area contributed by atoms with E-state index >= 15 is 0 Å². The molecule has 0 radical (unpaired) electrons. The second-order valence-corrected chi connectivity index (χ2v) is 8.79. The fourth-order valence-electron chi connectivity index (χ4n) is 2.89. The highest BCUT2D eigenvalue weighted by atomic mass is 32.1. The second kappa shape index (κ2) is 6.43. The van der Waals surface area contributed by atoms with Crippen LogP contribution < -0.4 is 10.1 Å². The van der Waals surface area contributed by atoms with E-state index < -0.39 is 0 Å². The lowest BCUT2D eigenvalue weighted by Gasteiger charge is -2.18. The predicted octanol–water partition coefficient (Wildman–Crippen LogP) is 3.97. The van der Waals surface area contributed by atoms with Crippen molar-refractivity contribution in [3.63, 3.8) is 0 Å². The van der Waals surface area contributed by atoms with Gasteiger partial charge in [0.05, 0.1) is 4.53 Å². The maximum Gasteiger partial charge on any atom is 0.291 e. The summed E-state index contributed by atoms with van der Waals surface area (Å²) in [7, 11) is 0. The number of thiazole rings is 1. The number of rotatable bonds is 2. The van der Waals surface area contributed by atoms with Crippen molar-refractivity contribution in [3.8, 4) is 11.4 Å². The van der Waals surface area contributed by atoms with Gasteiger partial charge in [-0.05, 0) is 29.5 Å². The Morgan fingerprint density at radius 2 is 1.67 bits per heavy atom. The molecular weight excluding hydrogens is 354 g/mol. The summed E-state index contributed by atoms with van der Waals surface area (Å²) in [5, 5.41) is 4.40. The van der Waals surface area contributed by atoms with Gasteiger partial charge >= 0.3 is 0 Å². The van der Waals surface area contributed by atoms with Crippen LogP contribution in [-0.2, 0) is 5.41 Å². The zero-order valence-electron chi connectivity index (χ0n) is 15.9. The molecule has 0 saturated heterocycles. The standard InChI is InChI=1S/C22H21N3OS/c1-14-5-9-16(10-6-14)19-23-21-25(24-19)20(26)18(27-21)13-15-7-11-17(12-8-15)22(2,3)4/h5-13H,1-4H3/b18-13+. The van der Waals surface area contributed by atoms with Crippen LogP contribution >= 0.6 is 11.3 Å². The number of hydrogen-bond donors (Lipinski definition) is 0. The van der Waals surface area contributed by atoms with Gasteiger partial charge in [-0.3, -0.25) is 4.79 Å². The monoisotopic (exact) mass is 375 g/mol. The van der Waals surface area contributed by atoms with Crippen molar-refractivity contribution in [2.24, 2.45) is 0 Å². The lowest BCUT2D eigenvalue weighted by atomic mass is 9.87. The summed E-state index contributed by atoms with van der Waals surface area (Å²) in [6, 6.07) is 16.3. The first-order valence-corrected chi connectivity index (χ1v) is 9.72. The zero-order valence-corrected chi connectivity index (χ0v) is 16.7. The van der Waals surface area contributed by atoms with Crippen LogP contribution in [0.3, 0.4) is 0 Å². The van der Waals surface area contributed by atoms with Crippen molar-refractivity contribution in [2.75, 3.05) is 0 Å². The van der Waals surface area contributed by atoms with Crippen LogP contribution in [-0.4, -0.2) is 14.6 Å². The van der Waals surface area contributed by atoms with Gasteiger partial charge in [0.25, 0.3) is 5.56 Å². The Morgan fingerprint density at radius 3 is 2.26 bits per heavy atom. The van der Waals surface area contributed by atoms with Crippen LogP contribution in [0.5, 0.6) is 0 Å². The molecule has 0 aliphatic rings. The van der Waals surface area contributed by atoms with Crippen LogP contribution in [0.25, 0.3) is 22.4 Å². The molecule has 0 spiro atoms. The lowest BCUT2D eigenvalue weighted by molar-refractivity contribution is 0.590. The minimum absolute atomic E-state index is 0.113. The average molecular weight is 375 g/mol. The molecule has 0 aliphatic carbocycles. The van der Waals surface area contributed by atoms with Gasteiger partial charge < -0.3 is 0 Å². The third-order valence-corrected chi connectivity index (χ3v) is 5.53. The number of fused-ring (bicyclic) bond motifs is 1. The summed E-state index contributed by atoms with van der Waals surface area (Å²) in [5.41, 5.74) is 4.36. The predicted molar refractivity (Wildman–Crippen MR) is 111 cm³/mol. The van der Waals surface area contributed by atoms with Crippen molar-refractivity contribution in [1.29, 1.82) is 0 Å². The summed E-state index contributed by atoms with van der Waals surface area (Å²) in [6.45, 7) is 8.60. The molecule has 5 heteroatoms. The van der Waals surface area contributed by atoms with E-state index in [0.29, 0.717) is 15.3 Å². The molecule has 2 heterocycles. The third kappa shape index (κ3) is 3.43. The Kier molecular flexibility index (Phi) is 4.19. The molecule has 0 atom stereocenters. The Hall–Kier alpha value is -2.79. The van der Waals surface area contributed by atoms with E-state index in [9.17, 15) is 4.79 Å². The van der Waals surface area contributed by atoms with Crippen LogP contribution in [0.2, 0.25) is 0 Å². The average Bonchev–Trinajstić information content (AvgIpc) is 3.15. The Morgan fingerprint density at radius 1 is 1.00 bits per heavy atom. The molecule has 0 amide bonds. The summed E-state index contributed by atoms with van der Waals surface area (Å²) in [6.07, 6.45) is 1.90. The Balaban J connectivity index is 1.72. The molecule has 4 aromatic rings. The molecule has 0 saturated carbocycles. The molecule has 0 fully saturated rings. The lowest BCUT2D eigenvalue weighted by Crippen LogP contribution is -2.23. The van der Waals surface area contributed by atoms with E-state index in [-0.39, 0.29) is 11.0 Å². The van der Waals surface area contributed by atoms with Gasteiger partial charge in [0.1, 0.15) is 0 Å². The number of nitrogens with zero attached hydrogens (tertiary/aromatic N) is 3. The van der Waals surface area contributed by atoms with Crippen LogP contribution in [0.15, 0.2) is 53.3 Å². The minimum Gasteiger partial charge on any atom is -0.266 e. The van der Waals surface area contributed by atoms with Crippen molar-refractivity contribution in [3.05, 3.63) is 80.1 Å². The maximum atomic E-state index is 12.7. The molecular formula is C22H21N3OS. The molecule has 27 heavy (non-hydrogen) atoms. The molecule has 4 rings (SSSR count). The highest BCUT2D eigenvalue weighted by Gasteiger charge is 2.14. The molecule has 2 aromatic heterocycles. The van der Waals surface area contributed by atoms with Crippen LogP contribution in [0.4, 0.5) is 0 Å². The summed E-state index contributed by atoms with van der Waals surface area (Å²) >= 11 is 1.37. The number of benzene rings is 2. The second-order valence-electron chi connectivity index (χ2n) is 7.78. The van der Waals surface area contributed by atoms with Crippen molar-refractivity contribution >= 4 is 22.4 Å². The first-order chi connectivity index (χ1) is 12.8. The van der Waals surface area contributed by atoms with E-state index in [4.69, 9.17) is 0 Å². The fraction of sp³-hybridized carbons (Fsp3) is 0.227.